The fraction of sp³-hybridized carbons (Fsp3) is 0.200. The monoisotopic (exact) mass is 613 g/mol. The summed E-state index contributed by atoms with van der Waals surface area (Å²) in [5, 5.41) is 11.1. The van der Waals surface area contributed by atoms with Crippen LogP contribution in [0.3, 0.4) is 0 Å². The molecule has 14 heteroatoms. The Balaban J connectivity index is 1.35. The van der Waals surface area contributed by atoms with Crippen LogP contribution < -0.4 is 10.0 Å². The largest absolute Gasteiger partial charge is 0.336 e. The van der Waals surface area contributed by atoms with Crippen molar-refractivity contribution in [2.24, 2.45) is 0 Å². The first kappa shape index (κ1) is 29.0. The van der Waals surface area contributed by atoms with E-state index in [-0.39, 0.29) is 12.5 Å². The van der Waals surface area contributed by atoms with Crippen molar-refractivity contribution < 1.29 is 17.6 Å². The zero-order valence-electron chi connectivity index (χ0n) is 23.8. The van der Waals surface area contributed by atoms with Gasteiger partial charge in [0, 0.05) is 41.9 Å². The maximum absolute atomic E-state index is 14.6. The Hall–Kier alpha value is -5.08. The molecule has 0 aliphatic rings. The quantitative estimate of drug-likeness (QED) is 0.168. The number of pyridine rings is 3. The number of fused-ring (bicyclic) bond motifs is 2. The zero-order chi connectivity index (χ0) is 30.8. The number of imidazole rings is 1. The highest BCUT2D eigenvalue weighted by Crippen LogP contribution is 2.32. The van der Waals surface area contributed by atoms with E-state index >= 15 is 0 Å². The van der Waals surface area contributed by atoms with E-state index < -0.39 is 15.8 Å². The first-order valence-electron chi connectivity index (χ1n) is 13.9. The third-order valence-electron chi connectivity index (χ3n) is 6.92. The zero-order valence-corrected chi connectivity index (χ0v) is 24.7. The van der Waals surface area contributed by atoms with Crippen LogP contribution in [0.15, 0.2) is 61.2 Å². The van der Waals surface area contributed by atoms with Crippen molar-refractivity contribution in [3.05, 3.63) is 72.6 Å². The Morgan fingerprint density at radius 3 is 2.68 bits per heavy atom. The minimum absolute atomic E-state index is 0.0647. The molecule has 0 bridgehead atoms. The number of aromatic nitrogens is 7. The Bertz CT molecular complexity index is 2130. The first-order chi connectivity index (χ1) is 21.2. The van der Waals surface area contributed by atoms with E-state index in [4.69, 9.17) is 4.98 Å². The smallest absolute Gasteiger partial charge is 0.224 e. The van der Waals surface area contributed by atoms with E-state index in [1.807, 2.05) is 19.1 Å². The molecule has 1 amide bonds. The summed E-state index contributed by atoms with van der Waals surface area (Å²) >= 11 is 0. The van der Waals surface area contributed by atoms with Crippen molar-refractivity contribution in [1.82, 2.24) is 39.8 Å². The summed E-state index contributed by atoms with van der Waals surface area (Å²) in [4.78, 5) is 33.6. The van der Waals surface area contributed by atoms with E-state index in [9.17, 15) is 17.6 Å². The molecule has 5 aromatic heterocycles. The number of hydrogen-bond acceptors (Lipinski definition) is 8. The lowest BCUT2D eigenvalue weighted by Gasteiger charge is -2.07. The van der Waals surface area contributed by atoms with Gasteiger partial charge in [-0.25, -0.2) is 22.5 Å². The molecule has 0 aliphatic heterocycles. The molecule has 12 nitrogen and oxygen atoms in total. The van der Waals surface area contributed by atoms with Gasteiger partial charge in [0.25, 0.3) is 0 Å². The Labute approximate surface area is 251 Å². The van der Waals surface area contributed by atoms with Crippen LogP contribution in [0.5, 0.6) is 0 Å². The number of anilines is 1. The van der Waals surface area contributed by atoms with Crippen LogP contribution in [0, 0.1) is 5.82 Å². The topological polar surface area (TPSA) is 171 Å². The molecule has 6 rings (SSSR count). The van der Waals surface area contributed by atoms with E-state index in [1.165, 1.54) is 12.1 Å². The summed E-state index contributed by atoms with van der Waals surface area (Å²) in [5.74, 6) is -0.132. The molecule has 0 saturated carbocycles. The third kappa shape index (κ3) is 6.31. The van der Waals surface area contributed by atoms with Gasteiger partial charge >= 0.3 is 0 Å². The highest BCUT2D eigenvalue weighted by molar-refractivity contribution is 7.88. The fourth-order valence-corrected chi connectivity index (χ4v) is 5.26. The molecule has 6 aromatic rings. The minimum atomic E-state index is -3.46. The number of carbonyl (C=O) groups is 1. The molecule has 0 saturated heterocycles. The van der Waals surface area contributed by atoms with Gasteiger partial charge in [-0.15, -0.1) is 0 Å². The first-order valence-corrected chi connectivity index (χ1v) is 15.7. The highest BCUT2D eigenvalue weighted by Gasteiger charge is 2.18. The molecular formula is C30H28FN9O3S. The van der Waals surface area contributed by atoms with Crippen LogP contribution in [-0.2, 0) is 21.4 Å². The van der Waals surface area contributed by atoms with Gasteiger partial charge in [0.05, 0.1) is 46.8 Å². The summed E-state index contributed by atoms with van der Waals surface area (Å²) in [5.41, 5.74) is 5.64. The summed E-state index contributed by atoms with van der Waals surface area (Å²) in [6, 6.07) is 9.72. The molecular weight excluding hydrogens is 585 g/mol. The second kappa shape index (κ2) is 11.9. The van der Waals surface area contributed by atoms with E-state index in [1.54, 1.807) is 36.9 Å². The van der Waals surface area contributed by atoms with Crippen LogP contribution in [0.25, 0.3) is 56.0 Å². The number of sulfonamides is 1. The van der Waals surface area contributed by atoms with Gasteiger partial charge < -0.3 is 10.3 Å². The number of rotatable bonds is 10. The van der Waals surface area contributed by atoms with Crippen molar-refractivity contribution in [3.8, 4) is 34.0 Å². The van der Waals surface area contributed by atoms with Gasteiger partial charge in [0.2, 0.25) is 15.9 Å². The maximum atomic E-state index is 14.6. The molecule has 0 atom stereocenters. The minimum Gasteiger partial charge on any atom is -0.336 e. The average Bonchev–Trinajstić information content (AvgIpc) is 3.62. The number of benzene rings is 1. The second-order valence-electron chi connectivity index (χ2n) is 10.4. The summed E-state index contributed by atoms with van der Waals surface area (Å²) < 4.78 is 40.1. The van der Waals surface area contributed by atoms with Gasteiger partial charge in [0.15, 0.2) is 5.82 Å². The van der Waals surface area contributed by atoms with Crippen LogP contribution in [0.1, 0.15) is 31.7 Å². The van der Waals surface area contributed by atoms with Gasteiger partial charge in [-0.05, 0) is 48.4 Å². The van der Waals surface area contributed by atoms with Gasteiger partial charge in [-0.1, -0.05) is 13.3 Å². The van der Waals surface area contributed by atoms with Crippen LogP contribution in [0.2, 0.25) is 0 Å². The normalized spacial score (nSPS) is 11.8. The number of carbonyl (C=O) groups excluding carboxylic acids is 1. The van der Waals surface area contributed by atoms with Crippen LogP contribution in [-0.4, -0.2) is 55.7 Å². The Kier molecular flexibility index (Phi) is 7.84. The highest BCUT2D eigenvalue weighted by atomic mass is 32.2. The predicted octanol–water partition coefficient (Wildman–Crippen LogP) is 4.94. The van der Waals surface area contributed by atoms with Crippen LogP contribution >= 0.6 is 0 Å². The molecule has 5 heterocycles. The summed E-state index contributed by atoms with van der Waals surface area (Å²) in [6.07, 6.45) is 9.76. The number of amides is 1. The standard InChI is InChI=1S/C30H28FN9O3S/c1-3-4-5-26(41)36-21-11-19(14-32-15-21)24-12-22-25(16-34-24)39-40-28(22)30-37-23-6-7-33-27(29(23)38-30)18-8-17(9-20(31)10-18)13-35-44(2,42)43/h6-12,14-16,35H,3-5,13H2,1-2H3,(H,36,41)(H,37,38)(H,39,40). The number of H-pyrrole nitrogens is 2. The van der Waals surface area contributed by atoms with Crippen molar-refractivity contribution in [1.29, 1.82) is 0 Å². The van der Waals surface area contributed by atoms with E-state index in [0.29, 0.717) is 62.7 Å². The number of aromatic amines is 2. The van der Waals surface area contributed by atoms with Crippen molar-refractivity contribution in [3.63, 3.8) is 0 Å². The molecule has 0 fully saturated rings. The molecule has 44 heavy (non-hydrogen) atoms. The number of halogens is 1. The lowest BCUT2D eigenvalue weighted by Crippen LogP contribution is -2.21. The molecule has 224 valence electrons. The third-order valence-corrected chi connectivity index (χ3v) is 7.59. The summed E-state index contributed by atoms with van der Waals surface area (Å²) in [6.45, 7) is 1.97. The molecule has 4 N–H and O–H groups in total. The van der Waals surface area contributed by atoms with E-state index in [0.717, 1.165) is 30.0 Å². The Morgan fingerprint density at radius 1 is 1.00 bits per heavy atom. The number of hydrogen-bond donors (Lipinski definition) is 4. The van der Waals surface area contributed by atoms with E-state index in [2.05, 4.69) is 40.2 Å². The van der Waals surface area contributed by atoms with Gasteiger partial charge in [0.1, 0.15) is 17.0 Å². The fourth-order valence-electron chi connectivity index (χ4n) is 4.83. The number of nitrogens with zero attached hydrogens (tertiary/aromatic N) is 5. The average molecular weight is 614 g/mol. The Morgan fingerprint density at radius 2 is 1.86 bits per heavy atom. The van der Waals surface area contributed by atoms with Crippen LogP contribution in [0.4, 0.5) is 10.1 Å². The second-order valence-corrected chi connectivity index (χ2v) is 12.2. The number of unbranched alkanes of at least 4 members (excludes halogenated alkanes) is 1. The molecule has 1 aromatic carbocycles. The SMILES string of the molecule is CCCCC(=O)Nc1cncc(-c2cc3c(-c4nc5c(-c6cc(F)cc(CNS(C)(=O)=O)c6)nccc5[nH]4)n[nH]c3cn2)c1. The van der Waals surface area contributed by atoms with Crippen molar-refractivity contribution >= 4 is 43.6 Å². The molecule has 0 unspecified atom stereocenters. The maximum Gasteiger partial charge on any atom is 0.224 e. The summed E-state index contributed by atoms with van der Waals surface area (Å²) in [7, 11) is -3.46. The van der Waals surface area contributed by atoms with Gasteiger partial charge in [-0.2, -0.15) is 5.10 Å². The predicted molar refractivity (Wildman–Crippen MR) is 165 cm³/mol. The lowest BCUT2D eigenvalue weighted by atomic mass is 10.1. The molecule has 0 spiro atoms. The lowest BCUT2D eigenvalue weighted by molar-refractivity contribution is -0.116. The molecule has 0 radical (unpaired) electrons. The molecule has 0 aliphatic carbocycles. The van der Waals surface area contributed by atoms with Crippen molar-refractivity contribution in [2.45, 2.75) is 32.7 Å². The van der Waals surface area contributed by atoms with Crippen molar-refractivity contribution in [2.75, 3.05) is 11.6 Å². The number of nitrogens with one attached hydrogen (secondary N) is 4. The van der Waals surface area contributed by atoms with Gasteiger partial charge in [-0.3, -0.25) is 24.8 Å².